The molecule has 0 bridgehead atoms. The van der Waals surface area contributed by atoms with Crippen LogP contribution in [0.15, 0.2) is 40.0 Å². The Morgan fingerprint density at radius 2 is 1.85 bits per heavy atom. The summed E-state index contributed by atoms with van der Waals surface area (Å²) in [6, 6.07) is 6.43. The SMILES string of the molecule is CNc1nc(C(=O)NC(c2ccc(SC(F)(F)F)cc2)C(C)C)cc(=O)[nH]1. The lowest BCUT2D eigenvalue weighted by Crippen LogP contribution is -2.33. The summed E-state index contributed by atoms with van der Waals surface area (Å²) < 4.78 is 37.3. The lowest BCUT2D eigenvalue weighted by Gasteiger charge is -2.23. The van der Waals surface area contributed by atoms with Crippen LogP contribution in [0.4, 0.5) is 19.1 Å². The van der Waals surface area contributed by atoms with Gasteiger partial charge in [0.2, 0.25) is 5.95 Å². The molecule has 0 aliphatic rings. The predicted molar refractivity (Wildman–Crippen MR) is 97.8 cm³/mol. The van der Waals surface area contributed by atoms with Crippen LogP contribution in [0.25, 0.3) is 0 Å². The molecule has 2 rings (SSSR count). The van der Waals surface area contributed by atoms with E-state index in [1.54, 1.807) is 19.2 Å². The summed E-state index contributed by atoms with van der Waals surface area (Å²) in [5.74, 6) is -0.437. The number of nitrogens with one attached hydrogen (secondary N) is 3. The third-order valence-corrected chi connectivity index (χ3v) is 4.38. The molecule has 0 aliphatic heterocycles. The number of carbonyl (C=O) groups is 1. The molecule has 2 aromatic rings. The summed E-state index contributed by atoms with van der Waals surface area (Å²) >= 11 is -0.196. The maximum Gasteiger partial charge on any atom is 0.446 e. The second-order valence-corrected chi connectivity index (χ2v) is 7.18. The van der Waals surface area contributed by atoms with E-state index in [-0.39, 0.29) is 34.2 Å². The predicted octanol–water partition coefficient (Wildman–Crippen LogP) is 3.55. The number of thioether (sulfide) groups is 1. The van der Waals surface area contributed by atoms with Gasteiger partial charge >= 0.3 is 5.51 Å². The zero-order valence-corrected chi connectivity index (χ0v) is 15.7. The Hall–Kier alpha value is -2.49. The van der Waals surface area contributed by atoms with E-state index in [9.17, 15) is 22.8 Å². The molecule has 0 saturated carbocycles. The normalized spacial score (nSPS) is 12.7. The van der Waals surface area contributed by atoms with E-state index in [0.717, 1.165) is 6.07 Å². The van der Waals surface area contributed by atoms with E-state index in [0.29, 0.717) is 5.56 Å². The number of carbonyl (C=O) groups excluding carboxylic acids is 1. The minimum atomic E-state index is -4.36. The molecule has 1 atom stereocenters. The minimum absolute atomic E-state index is 0.0409. The van der Waals surface area contributed by atoms with E-state index < -0.39 is 23.0 Å². The van der Waals surface area contributed by atoms with Crippen LogP contribution in [0.1, 0.15) is 35.9 Å². The summed E-state index contributed by atoms with van der Waals surface area (Å²) in [5, 5.41) is 5.44. The Balaban J connectivity index is 2.21. The van der Waals surface area contributed by atoms with Crippen LogP contribution in [-0.2, 0) is 0 Å². The molecular formula is C17H19F3N4O2S. The highest BCUT2D eigenvalue weighted by Crippen LogP contribution is 2.37. The Kier molecular flexibility index (Phi) is 6.53. The van der Waals surface area contributed by atoms with Gasteiger partial charge in [0.05, 0.1) is 6.04 Å². The van der Waals surface area contributed by atoms with Crippen LogP contribution < -0.4 is 16.2 Å². The average molecular weight is 400 g/mol. The molecule has 3 N–H and O–H groups in total. The number of rotatable bonds is 6. The summed E-state index contributed by atoms with van der Waals surface area (Å²) in [5.41, 5.74) is -4.24. The number of hydrogen-bond donors (Lipinski definition) is 3. The zero-order chi connectivity index (χ0) is 20.2. The van der Waals surface area contributed by atoms with Crippen molar-refractivity contribution >= 4 is 23.6 Å². The number of nitrogens with zero attached hydrogens (tertiary/aromatic N) is 1. The van der Waals surface area contributed by atoms with Crippen LogP contribution in [0.2, 0.25) is 0 Å². The fraction of sp³-hybridized carbons (Fsp3) is 0.353. The molecule has 0 fully saturated rings. The molecule has 0 spiro atoms. The number of alkyl halides is 3. The van der Waals surface area contributed by atoms with Crippen molar-refractivity contribution in [2.75, 3.05) is 12.4 Å². The van der Waals surface area contributed by atoms with Gasteiger partial charge in [-0.25, -0.2) is 4.98 Å². The van der Waals surface area contributed by atoms with Gasteiger partial charge < -0.3 is 10.6 Å². The van der Waals surface area contributed by atoms with Crippen molar-refractivity contribution in [2.24, 2.45) is 5.92 Å². The Morgan fingerprint density at radius 3 is 2.37 bits per heavy atom. The van der Waals surface area contributed by atoms with Gasteiger partial charge in [0.15, 0.2) is 0 Å². The molecule has 0 saturated heterocycles. The van der Waals surface area contributed by atoms with Gasteiger partial charge in [-0.2, -0.15) is 13.2 Å². The first kappa shape index (κ1) is 20.8. The average Bonchev–Trinajstić information content (AvgIpc) is 2.58. The summed E-state index contributed by atoms with van der Waals surface area (Å²) in [6.07, 6.45) is 0. The molecule has 27 heavy (non-hydrogen) atoms. The second-order valence-electron chi connectivity index (χ2n) is 6.04. The highest BCUT2D eigenvalue weighted by atomic mass is 32.2. The molecule has 1 aromatic carbocycles. The third kappa shape index (κ3) is 6.02. The van der Waals surface area contributed by atoms with Crippen molar-refractivity contribution in [3.63, 3.8) is 0 Å². The second kappa shape index (κ2) is 8.47. The molecule has 1 aromatic heterocycles. The quantitative estimate of drug-likeness (QED) is 0.646. The molecule has 1 amide bonds. The Bertz CT molecular complexity index is 850. The first-order valence-corrected chi connectivity index (χ1v) is 8.86. The van der Waals surface area contributed by atoms with Crippen LogP contribution in [0, 0.1) is 5.92 Å². The maximum atomic E-state index is 12.5. The standard InChI is InChI=1S/C17H19F3N4O2S/c1-9(2)14(10-4-6-11(7-5-10)27-17(18,19)20)24-15(26)12-8-13(25)23-16(21-3)22-12/h4-9,14H,1-3H3,(H,24,26)(H2,21,22,23,25). The molecule has 10 heteroatoms. The molecule has 0 radical (unpaired) electrons. The third-order valence-electron chi connectivity index (χ3n) is 3.64. The fourth-order valence-electron chi connectivity index (χ4n) is 2.42. The highest BCUT2D eigenvalue weighted by molar-refractivity contribution is 8.00. The molecule has 1 heterocycles. The summed E-state index contributed by atoms with van der Waals surface area (Å²) in [4.78, 5) is 30.6. The number of halogens is 3. The van der Waals surface area contributed by atoms with Crippen LogP contribution in [-0.4, -0.2) is 28.4 Å². The van der Waals surface area contributed by atoms with Gasteiger partial charge in [0.25, 0.3) is 11.5 Å². The molecule has 0 aliphatic carbocycles. The van der Waals surface area contributed by atoms with Gasteiger partial charge in [-0.3, -0.25) is 14.6 Å². The van der Waals surface area contributed by atoms with Gasteiger partial charge in [-0.1, -0.05) is 26.0 Å². The maximum absolute atomic E-state index is 12.5. The minimum Gasteiger partial charge on any atom is -0.359 e. The van der Waals surface area contributed by atoms with Crippen molar-refractivity contribution in [1.82, 2.24) is 15.3 Å². The molecule has 146 valence electrons. The first-order valence-electron chi connectivity index (χ1n) is 8.04. The van der Waals surface area contributed by atoms with Gasteiger partial charge in [0.1, 0.15) is 5.69 Å². The number of benzene rings is 1. The Labute approximate surface area is 158 Å². The molecule has 1 unspecified atom stereocenters. The zero-order valence-electron chi connectivity index (χ0n) is 14.8. The van der Waals surface area contributed by atoms with Crippen LogP contribution in [0.5, 0.6) is 0 Å². The summed E-state index contributed by atoms with van der Waals surface area (Å²) in [7, 11) is 1.55. The van der Waals surface area contributed by atoms with E-state index >= 15 is 0 Å². The molecule has 6 nitrogen and oxygen atoms in total. The van der Waals surface area contributed by atoms with E-state index in [1.165, 1.54) is 12.1 Å². The number of amides is 1. The number of aromatic amines is 1. The lowest BCUT2D eigenvalue weighted by molar-refractivity contribution is -0.0328. The Morgan fingerprint density at radius 1 is 1.22 bits per heavy atom. The number of hydrogen-bond acceptors (Lipinski definition) is 5. The van der Waals surface area contributed by atoms with Crippen molar-refractivity contribution in [1.29, 1.82) is 0 Å². The lowest BCUT2D eigenvalue weighted by atomic mass is 9.96. The van der Waals surface area contributed by atoms with Crippen molar-refractivity contribution in [3.8, 4) is 0 Å². The van der Waals surface area contributed by atoms with E-state index in [4.69, 9.17) is 0 Å². The largest absolute Gasteiger partial charge is 0.446 e. The smallest absolute Gasteiger partial charge is 0.359 e. The van der Waals surface area contributed by atoms with E-state index in [1.807, 2.05) is 13.8 Å². The number of anilines is 1. The monoisotopic (exact) mass is 400 g/mol. The topological polar surface area (TPSA) is 86.9 Å². The first-order chi connectivity index (χ1) is 12.6. The van der Waals surface area contributed by atoms with Crippen LogP contribution >= 0.6 is 11.8 Å². The highest BCUT2D eigenvalue weighted by Gasteiger charge is 2.29. The van der Waals surface area contributed by atoms with Gasteiger partial charge in [0, 0.05) is 18.0 Å². The van der Waals surface area contributed by atoms with Gasteiger partial charge in [-0.15, -0.1) is 0 Å². The van der Waals surface area contributed by atoms with Crippen molar-refractivity contribution in [3.05, 3.63) is 51.9 Å². The van der Waals surface area contributed by atoms with Crippen molar-refractivity contribution in [2.45, 2.75) is 30.3 Å². The number of H-pyrrole nitrogens is 1. The van der Waals surface area contributed by atoms with E-state index in [2.05, 4.69) is 20.6 Å². The van der Waals surface area contributed by atoms with Crippen molar-refractivity contribution < 1.29 is 18.0 Å². The van der Waals surface area contributed by atoms with Crippen LogP contribution in [0.3, 0.4) is 0 Å². The number of aromatic nitrogens is 2. The molecular weight excluding hydrogens is 381 g/mol. The summed E-state index contributed by atoms with van der Waals surface area (Å²) in [6.45, 7) is 3.74. The van der Waals surface area contributed by atoms with Gasteiger partial charge in [-0.05, 0) is 35.4 Å². The fourth-order valence-corrected chi connectivity index (χ4v) is 2.96.